The van der Waals surface area contributed by atoms with Crippen LogP contribution in [0.3, 0.4) is 0 Å². The van der Waals surface area contributed by atoms with Crippen molar-refractivity contribution in [3.8, 4) is 11.3 Å². The Labute approximate surface area is 113 Å². The van der Waals surface area contributed by atoms with Crippen molar-refractivity contribution in [3.63, 3.8) is 0 Å². The minimum Gasteiger partial charge on any atom is -0.478 e. The standard InChI is InChI=1S/C13H13BrN2O2/c1-8(2)16-7-11(13(17)18)12(15-16)9-3-5-10(14)6-4-9/h3-8H,1-2H3,(H,17,18). The van der Waals surface area contributed by atoms with E-state index in [4.69, 9.17) is 0 Å². The molecule has 0 aliphatic rings. The zero-order chi connectivity index (χ0) is 13.3. The van der Waals surface area contributed by atoms with Crippen molar-refractivity contribution in [3.05, 3.63) is 40.5 Å². The van der Waals surface area contributed by atoms with Gasteiger partial charge in [0.05, 0.1) is 0 Å². The van der Waals surface area contributed by atoms with E-state index in [1.54, 1.807) is 10.9 Å². The molecule has 0 aliphatic heterocycles. The molecule has 0 spiro atoms. The molecule has 0 unspecified atom stereocenters. The van der Waals surface area contributed by atoms with E-state index in [1.165, 1.54) is 0 Å². The maximum absolute atomic E-state index is 11.2. The molecule has 0 saturated carbocycles. The predicted octanol–water partition coefficient (Wildman–Crippen LogP) is 3.59. The molecular weight excluding hydrogens is 296 g/mol. The second-order valence-corrected chi connectivity index (χ2v) is 5.19. The Morgan fingerprint density at radius 2 is 1.94 bits per heavy atom. The molecular formula is C13H13BrN2O2. The third-order valence-corrected chi connectivity index (χ3v) is 3.14. The molecule has 2 aromatic rings. The van der Waals surface area contributed by atoms with Gasteiger partial charge in [-0.25, -0.2) is 4.79 Å². The number of carboxylic acids is 1. The fourth-order valence-electron chi connectivity index (χ4n) is 1.63. The van der Waals surface area contributed by atoms with Gasteiger partial charge in [0.25, 0.3) is 0 Å². The van der Waals surface area contributed by atoms with Crippen LogP contribution in [0.1, 0.15) is 30.2 Å². The van der Waals surface area contributed by atoms with Gasteiger partial charge >= 0.3 is 5.97 Å². The molecule has 94 valence electrons. The van der Waals surface area contributed by atoms with Crippen LogP contribution >= 0.6 is 15.9 Å². The largest absolute Gasteiger partial charge is 0.478 e. The summed E-state index contributed by atoms with van der Waals surface area (Å²) in [6, 6.07) is 7.57. The van der Waals surface area contributed by atoms with E-state index in [-0.39, 0.29) is 11.6 Å². The fraction of sp³-hybridized carbons (Fsp3) is 0.231. The topological polar surface area (TPSA) is 55.1 Å². The Hall–Kier alpha value is -1.62. The second kappa shape index (κ2) is 4.94. The van der Waals surface area contributed by atoms with E-state index in [2.05, 4.69) is 21.0 Å². The van der Waals surface area contributed by atoms with Crippen LogP contribution in [0, 0.1) is 0 Å². The van der Waals surface area contributed by atoms with E-state index in [0.29, 0.717) is 5.69 Å². The van der Waals surface area contributed by atoms with Gasteiger partial charge in [0.1, 0.15) is 11.3 Å². The van der Waals surface area contributed by atoms with Gasteiger partial charge in [-0.3, -0.25) is 4.68 Å². The van der Waals surface area contributed by atoms with Crippen molar-refractivity contribution in [1.29, 1.82) is 0 Å². The summed E-state index contributed by atoms with van der Waals surface area (Å²) in [6.07, 6.45) is 1.57. The third kappa shape index (κ3) is 2.46. The molecule has 5 heteroatoms. The minimum absolute atomic E-state index is 0.132. The lowest BCUT2D eigenvalue weighted by Crippen LogP contribution is -2.00. The van der Waals surface area contributed by atoms with E-state index in [1.807, 2.05) is 38.1 Å². The highest BCUT2D eigenvalue weighted by Gasteiger charge is 2.17. The van der Waals surface area contributed by atoms with Crippen LogP contribution in [0.2, 0.25) is 0 Å². The van der Waals surface area contributed by atoms with Gasteiger partial charge in [-0.05, 0) is 26.0 Å². The average Bonchev–Trinajstić information content (AvgIpc) is 2.75. The lowest BCUT2D eigenvalue weighted by atomic mass is 10.1. The van der Waals surface area contributed by atoms with Crippen LogP contribution in [-0.4, -0.2) is 20.9 Å². The lowest BCUT2D eigenvalue weighted by molar-refractivity contribution is 0.0697. The van der Waals surface area contributed by atoms with Crippen LogP contribution in [-0.2, 0) is 0 Å². The molecule has 0 radical (unpaired) electrons. The highest BCUT2D eigenvalue weighted by atomic mass is 79.9. The number of rotatable bonds is 3. The SMILES string of the molecule is CC(C)n1cc(C(=O)O)c(-c2ccc(Br)cc2)n1. The Morgan fingerprint density at radius 1 is 1.33 bits per heavy atom. The van der Waals surface area contributed by atoms with Crippen molar-refractivity contribution >= 4 is 21.9 Å². The molecule has 1 aromatic heterocycles. The van der Waals surface area contributed by atoms with E-state index >= 15 is 0 Å². The zero-order valence-corrected chi connectivity index (χ0v) is 11.7. The highest BCUT2D eigenvalue weighted by molar-refractivity contribution is 9.10. The van der Waals surface area contributed by atoms with Gasteiger partial charge in [0.15, 0.2) is 0 Å². The maximum atomic E-state index is 11.2. The van der Waals surface area contributed by atoms with E-state index in [0.717, 1.165) is 10.0 Å². The Bertz CT molecular complexity index is 573. The molecule has 2 rings (SSSR count). The van der Waals surface area contributed by atoms with Gasteiger partial charge in [0.2, 0.25) is 0 Å². The summed E-state index contributed by atoms with van der Waals surface area (Å²) in [7, 11) is 0. The van der Waals surface area contributed by atoms with Crippen molar-refractivity contribution in [2.45, 2.75) is 19.9 Å². The quantitative estimate of drug-likeness (QED) is 0.942. The number of halogens is 1. The van der Waals surface area contributed by atoms with Crippen LogP contribution in [0.25, 0.3) is 11.3 Å². The molecule has 4 nitrogen and oxygen atoms in total. The number of benzene rings is 1. The van der Waals surface area contributed by atoms with Crippen molar-refractivity contribution < 1.29 is 9.90 Å². The molecule has 1 N–H and O–H groups in total. The van der Waals surface area contributed by atoms with Crippen LogP contribution < -0.4 is 0 Å². The number of aromatic nitrogens is 2. The Morgan fingerprint density at radius 3 is 2.44 bits per heavy atom. The summed E-state index contributed by atoms with van der Waals surface area (Å²) in [5.74, 6) is -0.959. The molecule has 0 atom stereocenters. The molecule has 1 heterocycles. The third-order valence-electron chi connectivity index (χ3n) is 2.61. The highest BCUT2D eigenvalue weighted by Crippen LogP contribution is 2.25. The van der Waals surface area contributed by atoms with E-state index < -0.39 is 5.97 Å². The summed E-state index contributed by atoms with van der Waals surface area (Å²) in [4.78, 5) is 11.2. The normalized spacial score (nSPS) is 10.9. The molecule has 1 aromatic carbocycles. The van der Waals surface area contributed by atoms with Gasteiger partial charge in [-0.15, -0.1) is 0 Å². The lowest BCUT2D eigenvalue weighted by Gasteiger charge is -2.03. The van der Waals surface area contributed by atoms with Gasteiger partial charge in [0, 0.05) is 22.3 Å². The second-order valence-electron chi connectivity index (χ2n) is 4.28. The van der Waals surface area contributed by atoms with Crippen molar-refractivity contribution in [2.75, 3.05) is 0 Å². The number of nitrogens with zero attached hydrogens (tertiary/aromatic N) is 2. The van der Waals surface area contributed by atoms with Crippen LogP contribution in [0.15, 0.2) is 34.9 Å². The van der Waals surface area contributed by atoms with Gasteiger partial charge in [-0.2, -0.15) is 5.10 Å². The monoisotopic (exact) mass is 308 g/mol. The predicted molar refractivity (Wildman–Crippen MR) is 72.7 cm³/mol. The Kier molecular flexibility index (Phi) is 3.52. The summed E-state index contributed by atoms with van der Waals surface area (Å²) in [5, 5.41) is 13.6. The molecule has 0 bridgehead atoms. The number of carbonyl (C=O) groups is 1. The number of hydrogen-bond donors (Lipinski definition) is 1. The molecule has 18 heavy (non-hydrogen) atoms. The summed E-state index contributed by atoms with van der Waals surface area (Å²) >= 11 is 3.35. The molecule has 0 saturated heterocycles. The molecule has 0 fully saturated rings. The first-order valence-electron chi connectivity index (χ1n) is 5.57. The van der Waals surface area contributed by atoms with E-state index in [9.17, 15) is 9.90 Å². The van der Waals surface area contributed by atoms with Gasteiger partial charge in [-0.1, -0.05) is 28.1 Å². The number of carboxylic acid groups (broad SMARTS) is 1. The smallest absolute Gasteiger partial charge is 0.339 e. The first kappa shape index (κ1) is 12.8. The van der Waals surface area contributed by atoms with Crippen LogP contribution in [0.5, 0.6) is 0 Å². The first-order valence-corrected chi connectivity index (χ1v) is 6.36. The summed E-state index contributed by atoms with van der Waals surface area (Å²) < 4.78 is 2.62. The van der Waals surface area contributed by atoms with Crippen LogP contribution in [0.4, 0.5) is 0 Å². The number of hydrogen-bond acceptors (Lipinski definition) is 2. The molecule has 0 amide bonds. The summed E-state index contributed by atoms with van der Waals surface area (Å²) in [6.45, 7) is 3.92. The zero-order valence-electron chi connectivity index (χ0n) is 10.1. The fourth-order valence-corrected chi connectivity index (χ4v) is 1.90. The maximum Gasteiger partial charge on any atom is 0.339 e. The van der Waals surface area contributed by atoms with Crippen molar-refractivity contribution in [1.82, 2.24) is 9.78 Å². The van der Waals surface area contributed by atoms with Gasteiger partial charge < -0.3 is 5.11 Å². The molecule has 0 aliphatic carbocycles. The summed E-state index contributed by atoms with van der Waals surface area (Å²) in [5.41, 5.74) is 1.53. The first-order chi connectivity index (χ1) is 8.49. The Balaban J connectivity index is 2.55. The van der Waals surface area contributed by atoms with Crippen molar-refractivity contribution in [2.24, 2.45) is 0 Å². The average molecular weight is 309 g/mol. The minimum atomic E-state index is -0.959. The number of aromatic carboxylic acids is 1.